The first-order chi connectivity index (χ1) is 8.59. The fraction of sp³-hybridized carbons (Fsp3) is 0.923. The molecule has 0 aromatic rings. The molecule has 0 bridgehead atoms. The lowest BCUT2D eigenvalue weighted by molar-refractivity contribution is -0.137. The number of carboxylic acid groups (broad SMARTS) is 1. The fourth-order valence-corrected chi connectivity index (χ4v) is 1.51. The zero-order valence-corrected chi connectivity index (χ0v) is 12.5. The molecule has 4 nitrogen and oxygen atoms in total. The Morgan fingerprint density at radius 1 is 1.11 bits per heavy atom. The van der Waals surface area contributed by atoms with Gasteiger partial charge in [-0.15, -0.1) is 0 Å². The number of rotatable bonds is 10. The van der Waals surface area contributed by atoms with Gasteiger partial charge in [0.15, 0.2) is 0 Å². The van der Waals surface area contributed by atoms with Crippen molar-refractivity contribution in [3.05, 3.63) is 0 Å². The SMILES string of the molecule is CCCCCCCCCCN.N[C@@H](CS)C(=O)O. The Morgan fingerprint density at radius 2 is 1.56 bits per heavy atom. The van der Waals surface area contributed by atoms with Crippen LogP contribution < -0.4 is 11.5 Å². The minimum absolute atomic E-state index is 0.190. The van der Waals surface area contributed by atoms with E-state index in [4.69, 9.17) is 16.6 Å². The normalized spacial score (nSPS) is 11.6. The molecule has 0 heterocycles. The van der Waals surface area contributed by atoms with Crippen molar-refractivity contribution >= 4 is 18.6 Å². The van der Waals surface area contributed by atoms with Gasteiger partial charge in [0, 0.05) is 5.75 Å². The molecule has 0 amide bonds. The zero-order chi connectivity index (χ0) is 14.2. The quantitative estimate of drug-likeness (QED) is 0.365. The van der Waals surface area contributed by atoms with E-state index >= 15 is 0 Å². The van der Waals surface area contributed by atoms with Crippen LogP contribution in [0, 0.1) is 0 Å². The van der Waals surface area contributed by atoms with Crippen LogP contribution in [-0.4, -0.2) is 29.4 Å². The molecule has 0 aliphatic heterocycles. The number of hydrogen-bond donors (Lipinski definition) is 4. The summed E-state index contributed by atoms with van der Waals surface area (Å²) in [5.41, 5.74) is 10.3. The smallest absolute Gasteiger partial charge is 0.321 e. The molecule has 0 unspecified atom stereocenters. The monoisotopic (exact) mass is 278 g/mol. The Bertz CT molecular complexity index is 172. The lowest BCUT2D eigenvalue weighted by Crippen LogP contribution is -2.31. The van der Waals surface area contributed by atoms with Crippen LogP contribution in [0.2, 0.25) is 0 Å². The molecule has 5 N–H and O–H groups in total. The van der Waals surface area contributed by atoms with E-state index in [9.17, 15) is 4.79 Å². The second kappa shape index (κ2) is 16.7. The predicted octanol–water partition coefficient (Wildman–Crippen LogP) is 2.41. The van der Waals surface area contributed by atoms with E-state index < -0.39 is 12.0 Å². The van der Waals surface area contributed by atoms with Crippen LogP contribution in [0.5, 0.6) is 0 Å². The highest BCUT2D eigenvalue weighted by atomic mass is 32.1. The second-order valence-electron chi connectivity index (χ2n) is 4.39. The van der Waals surface area contributed by atoms with Gasteiger partial charge in [0.2, 0.25) is 0 Å². The van der Waals surface area contributed by atoms with Crippen molar-refractivity contribution in [2.45, 2.75) is 64.3 Å². The molecule has 18 heavy (non-hydrogen) atoms. The first-order valence-corrected chi connectivity index (χ1v) is 7.52. The van der Waals surface area contributed by atoms with Crippen LogP contribution in [-0.2, 0) is 4.79 Å². The molecule has 0 aromatic heterocycles. The highest BCUT2D eigenvalue weighted by Gasteiger charge is 2.06. The van der Waals surface area contributed by atoms with Crippen molar-refractivity contribution in [1.29, 1.82) is 0 Å². The molecule has 0 fully saturated rings. The molecule has 0 aliphatic carbocycles. The van der Waals surface area contributed by atoms with Crippen LogP contribution in [0.15, 0.2) is 0 Å². The summed E-state index contributed by atoms with van der Waals surface area (Å²) in [6.45, 7) is 3.13. The van der Waals surface area contributed by atoms with Gasteiger partial charge in [-0.2, -0.15) is 12.6 Å². The number of unbranched alkanes of at least 4 members (excludes halogenated alkanes) is 7. The molecular formula is C13H30N2O2S. The average Bonchev–Trinajstić information content (AvgIpc) is 2.37. The largest absolute Gasteiger partial charge is 0.480 e. The van der Waals surface area contributed by atoms with Gasteiger partial charge in [-0.1, -0.05) is 51.9 Å². The second-order valence-corrected chi connectivity index (χ2v) is 4.76. The minimum atomic E-state index is -1.00. The summed E-state index contributed by atoms with van der Waals surface area (Å²) >= 11 is 3.65. The Kier molecular flexibility index (Phi) is 18.7. The predicted molar refractivity (Wildman–Crippen MR) is 81.1 cm³/mol. The first kappa shape index (κ1) is 20.1. The number of nitrogens with two attached hydrogens (primary N) is 2. The summed E-state index contributed by atoms with van der Waals surface area (Å²) in [5.74, 6) is -0.815. The van der Waals surface area contributed by atoms with Crippen molar-refractivity contribution in [3.8, 4) is 0 Å². The number of carbonyl (C=O) groups is 1. The number of thiol groups is 1. The summed E-state index contributed by atoms with van der Waals surface area (Å²) in [6, 6.07) is -0.816. The Morgan fingerprint density at radius 3 is 1.83 bits per heavy atom. The van der Waals surface area contributed by atoms with Gasteiger partial charge in [-0.3, -0.25) is 4.79 Å². The molecule has 0 aliphatic rings. The maximum absolute atomic E-state index is 9.76. The molecule has 0 saturated heterocycles. The van der Waals surface area contributed by atoms with Gasteiger partial charge in [-0.05, 0) is 13.0 Å². The van der Waals surface area contributed by atoms with Crippen LogP contribution in [0.25, 0.3) is 0 Å². The molecule has 0 aromatic carbocycles. The summed E-state index contributed by atoms with van der Waals surface area (Å²) in [6.07, 6.45) is 11.0. The lowest BCUT2D eigenvalue weighted by Gasteiger charge is -1.99. The Hall–Kier alpha value is -0.260. The number of carboxylic acids is 1. The highest BCUT2D eigenvalue weighted by Crippen LogP contribution is 2.07. The molecule has 0 radical (unpaired) electrons. The Labute approximate surface area is 117 Å². The van der Waals surface area contributed by atoms with E-state index in [0.29, 0.717) is 0 Å². The molecular weight excluding hydrogens is 248 g/mol. The summed E-state index contributed by atoms with van der Waals surface area (Å²) in [4.78, 5) is 9.76. The summed E-state index contributed by atoms with van der Waals surface area (Å²) in [5, 5.41) is 8.01. The molecule has 0 spiro atoms. The third-order valence-corrected chi connectivity index (χ3v) is 2.96. The Balaban J connectivity index is 0. The number of hydrogen-bond acceptors (Lipinski definition) is 4. The van der Waals surface area contributed by atoms with Crippen molar-refractivity contribution in [3.63, 3.8) is 0 Å². The van der Waals surface area contributed by atoms with Crippen LogP contribution in [0.4, 0.5) is 0 Å². The number of aliphatic carboxylic acids is 1. The third-order valence-electron chi connectivity index (χ3n) is 2.57. The lowest BCUT2D eigenvalue weighted by atomic mass is 10.1. The first-order valence-electron chi connectivity index (χ1n) is 6.89. The third kappa shape index (κ3) is 18.1. The molecule has 0 rings (SSSR count). The summed E-state index contributed by atoms with van der Waals surface area (Å²) in [7, 11) is 0. The van der Waals surface area contributed by atoms with E-state index in [1.165, 1.54) is 51.4 Å². The van der Waals surface area contributed by atoms with E-state index in [0.717, 1.165) is 6.54 Å². The fourth-order valence-electron chi connectivity index (χ4n) is 1.36. The molecule has 110 valence electrons. The van der Waals surface area contributed by atoms with E-state index in [-0.39, 0.29) is 5.75 Å². The average molecular weight is 278 g/mol. The van der Waals surface area contributed by atoms with Crippen LogP contribution in [0.3, 0.4) is 0 Å². The maximum atomic E-state index is 9.76. The van der Waals surface area contributed by atoms with Gasteiger partial charge in [0.1, 0.15) is 6.04 Å². The van der Waals surface area contributed by atoms with Crippen molar-refractivity contribution in [2.24, 2.45) is 11.5 Å². The van der Waals surface area contributed by atoms with Crippen molar-refractivity contribution in [1.82, 2.24) is 0 Å². The van der Waals surface area contributed by atoms with E-state index in [1.54, 1.807) is 0 Å². The van der Waals surface area contributed by atoms with Crippen LogP contribution >= 0.6 is 12.6 Å². The van der Waals surface area contributed by atoms with Gasteiger partial charge < -0.3 is 16.6 Å². The topological polar surface area (TPSA) is 89.3 Å². The van der Waals surface area contributed by atoms with Gasteiger partial charge in [-0.25, -0.2) is 0 Å². The van der Waals surface area contributed by atoms with E-state index in [2.05, 4.69) is 19.6 Å². The van der Waals surface area contributed by atoms with Gasteiger partial charge >= 0.3 is 5.97 Å². The molecule has 0 saturated carbocycles. The van der Waals surface area contributed by atoms with Crippen LogP contribution in [0.1, 0.15) is 58.3 Å². The molecule has 5 heteroatoms. The van der Waals surface area contributed by atoms with Crippen molar-refractivity contribution < 1.29 is 9.90 Å². The van der Waals surface area contributed by atoms with Gasteiger partial charge in [0.05, 0.1) is 0 Å². The standard InChI is InChI=1S/C10H23N.C3H7NO2S/c1-2-3-4-5-6-7-8-9-10-11;4-2(1-7)3(5)6/h2-11H2,1H3;2,7H,1,4H2,(H,5,6)/t;2-/m.0/s1. The van der Waals surface area contributed by atoms with E-state index in [1.807, 2.05) is 0 Å². The van der Waals surface area contributed by atoms with Crippen molar-refractivity contribution in [2.75, 3.05) is 12.3 Å². The summed E-state index contributed by atoms with van der Waals surface area (Å²) < 4.78 is 0. The zero-order valence-electron chi connectivity index (χ0n) is 11.6. The highest BCUT2D eigenvalue weighted by molar-refractivity contribution is 7.80. The van der Waals surface area contributed by atoms with Gasteiger partial charge in [0.25, 0.3) is 0 Å². The molecule has 1 atom stereocenters. The maximum Gasteiger partial charge on any atom is 0.321 e. The minimum Gasteiger partial charge on any atom is -0.480 e.